The van der Waals surface area contributed by atoms with E-state index in [1.54, 1.807) is 6.20 Å². The Kier molecular flexibility index (Phi) is 1.06. The lowest BCUT2D eigenvalue weighted by Gasteiger charge is -2.04. The first-order valence-corrected chi connectivity index (χ1v) is 3.10. The maximum atomic E-state index is 4.02. The minimum absolute atomic E-state index is 0.949. The second-order valence-corrected chi connectivity index (χ2v) is 2.05. The lowest BCUT2D eigenvalue weighted by molar-refractivity contribution is 1.48. The van der Waals surface area contributed by atoms with Gasteiger partial charge in [0, 0.05) is 5.87 Å². The van der Waals surface area contributed by atoms with Gasteiger partial charge in [-0.05, 0) is 12.1 Å². The molecule has 2 heteroatoms. The Hall–Kier alpha value is -1.53. The first kappa shape index (κ1) is 5.27. The average Bonchev–Trinajstić information content (AvgIpc) is 2.05. The summed E-state index contributed by atoms with van der Waals surface area (Å²) in [6, 6.07) is 7.86. The molecule has 0 saturated carbocycles. The fourth-order valence-electron chi connectivity index (χ4n) is 0.905. The summed E-state index contributed by atoms with van der Waals surface area (Å²) in [5.74, 6) is 2.73. The first-order valence-electron chi connectivity index (χ1n) is 3.10. The van der Waals surface area contributed by atoms with E-state index in [-0.39, 0.29) is 0 Å². The number of hydrogen-bond donors (Lipinski definition) is 1. The van der Waals surface area contributed by atoms with E-state index in [1.807, 2.05) is 24.3 Å². The van der Waals surface area contributed by atoms with Crippen LogP contribution in [-0.4, -0.2) is 5.87 Å². The topological polar surface area (TPSA) is 24.4 Å². The van der Waals surface area contributed by atoms with Crippen molar-refractivity contribution in [3.05, 3.63) is 30.5 Å². The van der Waals surface area contributed by atoms with Crippen LogP contribution in [0.1, 0.15) is 0 Å². The second kappa shape index (κ2) is 2.01. The zero-order valence-corrected chi connectivity index (χ0v) is 5.33. The third-order valence-electron chi connectivity index (χ3n) is 1.38. The van der Waals surface area contributed by atoms with Crippen molar-refractivity contribution >= 4 is 17.2 Å². The van der Waals surface area contributed by atoms with E-state index in [4.69, 9.17) is 0 Å². The minimum Gasteiger partial charge on any atom is -0.352 e. The van der Waals surface area contributed by atoms with Crippen LogP contribution in [0.25, 0.3) is 0 Å². The summed E-state index contributed by atoms with van der Waals surface area (Å²) in [5, 5.41) is 3.03. The summed E-state index contributed by atoms with van der Waals surface area (Å²) in [6.07, 6.45) is 1.70. The van der Waals surface area contributed by atoms with Crippen molar-refractivity contribution in [2.45, 2.75) is 0 Å². The van der Waals surface area contributed by atoms with Crippen LogP contribution in [0.4, 0.5) is 11.4 Å². The summed E-state index contributed by atoms with van der Waals surface area (Å²) in [5.41, 5.74) is 1.99. The number of aliphatic imine (C=N–C) groups is 1. The van der Waals surface area contributed by atoms with Crippen molar-refractivity contribution in [1.82, 2.24) is 0 Å². The number of para-hydroxylation sites is 2. The maximum Gasteiger partial charge on any atom is 0.0965 e. The SMILES string of the molecule is C1=CNc2ccccc2N=1. The Bertz CT molecular complexity index is 309. The predicted molar refractivity (Wildman–Crippen MR) is 41.7 cm³/mol. The molecule has 2 nitrogen and oxygen atoms in total. The molecule has 0 unspecified atom stereocenters. The molecule has 1 heterocycles. The van der Waals surface area contributed by atoms with Crippen molar-refractivity contribution in [3.63, 3.8) is 0 Å². The van der Waals surface area contributed by atoms with Crippen molar-refractivity contribution in [2.75, 3.05) is 5.32 Å². The molecule has 1 aliphatic rings. The van der Waals surface area contributed by atoms with Crippen LogP contribution >= 0.6 is 0 Å². The Morgan fingerprint density at radius 2 is 2.20 bits per heavy atom. The third kappa shape index (κ3) is 0.714. The van der Waals surface area contributed by atoms with Gasteiger partial charge in [0.05, 0.1) is 17.6 Å². The molecule has 1 aromatic carbocycles. The standard InChI is InChI=1S/C8H6N2/c1-2-4-8-7(3-1)9-5-6-10-8/h1-5,9H. The van der Waals surface area contributed by atoms with Crippen LogP contribution in [-0.2, 0) is 0 Å². The molecule has 0 aliphatic carbocycles. The number of hydrogen-bond acceptors (Lipinski definition) is 2. The highest BCUT2D eigenvalue weighted by Gasteiger charge is 1.97. The lowest BCUT2D eigenvalue weighted by atomic mass is 10.2. The van der Waals surface area contributed by atoms with E-state index < -0.39 is 0 Å². The Labute approximate surface area is 58.9 Å². The van der Waals surface area contributed by atoms with Crippen molar-refractivity contribution in [1.29, 1.82) is 0 Å². The monoisotopic (exact) mass is 130 g/mol. The van der Waals surface area contributed by atoms with E-state index >= 15 is 0 Å². The molecule has 1 aliphatic heterocycles. The van der Waals surface area contributed by atoms with Gasteiger partial charge in [-0.3, -0.25) is 0 Å². The molecule has 0 atom stereocenters. The quantitative estimate of drug-likeness (QED) is 0.570. The summed E-state index contributed by atoms with van der Waals surface area (Å²) in [4.78, 5) is 4.02. The maximum absolute atomic E-state index is 4.02. The van der Waals surface area contributed by atoms with Crippen LogP contribution in [0, 0.1) is 0 Å². The largest absolute Gasteiger partial charge is 0.352 e. The number of nitrogens with zero attached hydrogens (tertiary/aromatic N) is 1. The molecule has 0 radical (unpaired) electrons. The number of benzene rings is 1. The summed E-state index contributed by atoms with van der Waals surface area (Å²) in [6.45, 7) is 0. The lowest BCUT2D eigenvalue weighted by Crippen LogP contribution is -1.90. The van der Waals surface area contributed by atoms with Gasteiger partial charge in [0.25, 0.3) is 0 Å². The van der Waals surface area contributed by atoms with Gasteiger partial charge in [-0.15, -0.1) is 0 Å². The van der Waals surface area contributed by atoms with Gasteiger partial charge in [0.2, 0.25) is 0 Å². The molecular weight excluding hydrogens is 124 g/mol. The molecule has 1 aromatic rings. The van der Waals surface area contributed by atoms with Crippen molar-refractivity contribution in [2.24, 2.45) is 4.99 Å². The van der Waals surface area contributed by atoms with Gasteiger partial charge < -0.3 is 5.32 Å². The number of rotatable bonds is 0. The minimum atomic E-state index is 0.949. The molecule has 2 rings (SSSR count). The van der Waals surface area contributed by atoms with E-state index in [2.05, 4.69) is 16.2 Å². The van der Waals surface area contributed by atoms with Crippen LogP contribution in [0.3, 0.4) is 0 Å². The van der Waals surface area contributed by atoms with Crippen LogP contribution in [0.15, 0.2) is 35.5 Å². The molecule has 10 heavy (non-hydrogen) atoms. The Morgan fingerprint density at radius 3 is 3.10 bits per heavy atom. The number of fused-ring (bicyclic) bond motifs is 1. The first-order chi connectivity index (χ1) is 4.97. The molecule has 0 bridgehead atoms. The molecule has 48 valence electrons. The number of anilines is 1. The Morgan fingerprint density at radius 1 is 1.30 bits per heavy atom. The summed E-state index contributed by atoms with van der Waals surface area (Å²) >= 11 is 0. The molecule has 0 saturated heterocycles. The smallest absolute Gasteiger partial charge is 0.0965 e. The molecule has 1 N–H and O–H groups in total. The van der Waals surface area contributed by atoms with Crippen LogP contribution < -0.4 is 5.32 Å². The van der Waals surface area contributed by atoms with E-state index in [1.165, 1.54) is 0 Å². The predicted octanol–water partition coefficient (Wildman–Crippen LogP) is 1.93. The van der Waals surface area contributed by atoms with Gasteiger partial charge in [0.1, 0.15) is 0 Å². The van der Waals surface area contributed by atoms with E-state index in [0.717, 1.165) is 11.4 Å². The summed E-state index contributed by atoms with van der Waals surface area (Å²) in [7, 11) is 0. The van der Waals surface area contributed by atoms with Gasteiger partial charge in [-0.1, -0.05) is 12.1 Å². The third-order valence-corrected chi connectivity index (χ3v) is 1.38. The number of nitrogens with one attached hydrogen (secondary N) is 1. The molecule has 0 aromatic heterocycles. The van der Waals surface area contributed by atoms with E-state index in [0.29, 0.717) is 0 Å². The van der Waals surface area contributed by atoms with Crippen molar-refractivity contribution in [3.8, 4) is 0 Å². The highest BCUT2D eigenvalue weighted by atomic mass is 14.9. The zero-order valence-electron chi connectivity index (χ0n) is 5.33. The van der Waals surface area contributed by atoms with Gasteiger partial charge in [-0.2, -0.15) is 0 Å². The fourth-order valence-corrected chi connectivity index (χ4v) is 0.905. The van der Waals surface area contributed by atoms with Crippen LogP contribution in [0.2, 0.25) is 0 Å². The van der Waals surface area contributed by atoms with Crippen molar-refractivity contribution < 1.29 is 0 Å². The normalized spacial score (nSPS) is 12.4. The summed E-state index contributed by atoms with van der Waals surface area (Å²) < 4.78 is 0. The van der Waals surface area contributed by atoms with Gasteiger partial charge >= 0.3 is 0 Å². The van der Waals surface area contributed by atoms with Gasteiger partial charge in [0.15, 0.2) is 0 Å². The fraction of sp³-hybridized carbons (Fsp3) is 0. The highest BCUT2D eigenvalue weighted by Crippen LogP contribution is 2.24. The highest BCUT2D eigenvalue weighted by molar-refractivity contribution is 5.77. The molecule has 0 amide bonds. The molecule has 0 spiro atoms. The molecular formula is C8H6N2. The second-order valence-electron chi connectivity index (χ2n) is 2.05. The Balaban J connectivity index is 2.63. The average molecular weight is 130 g/mol. The van der Waals surface area contributed by atoms with Gasteiger partial charge in [-0.25, -0.2) is 4.99 Å². The van der Waals surface area contributed by atoms with Crippen LogP contribution in [0.5, 0.6) is 0 Å². The zero-order chi connectivity index (χ0) is 6.81. The van der Waals surface area contributed by atoms with E-state index in [9.17, 15) is 0 Å². The molecule has 0 fully saturated rings.